The highest BCUT2D eigenvalue weighted by Gasteiger charge is 2.16. The normalized spacial score (nSPS) is 11.9. The van der Waals surface area contributed by atoms with Crippen molar-refractivity contribution in [3.05, 3.63) is 65.7 Å². The average molecular weight is 340 g/mol. The van der Waals surface area contributed by atoms with Crippen LogP contribution in [0.2, 0.25) is 0 Å². The largest absolute Gasteiger partial charge is 0.391 e. The second-order valence-electron chi connectivity index (χ2n) is 6.30. The second kappa shape index (κ2) is 8.44. The minimum atomic E-state index is -0.599. The molecule has 5 heteroatoms. The highest BCUT2D eigenvalue weighted by atomic mass is 16.3. The van der Waals surface area contributed by atoms with Crippen LogP contribution in [0.4, 0.5) is 5.69 Å². The Morgan fingerprint density at radius 1 is 1.04 bits per heavy atom. The molecule has 1 atom stereocenters. The van der Waals surface area contributed by atoms with Gasteiger partial charge in [0, 0.05) is 30.4 Å². The quantitative estimate of drug-likeness (QED) is 0.849. The van der Waals surface area contributed by atoms with Gasteiger partial charge in [-0.2, -0.15) is 0 Å². The van der Waals surface area contributed by atoms with Crippen molar-refractivity contribution in [2.24, 2.45) is 5.92 Å². The van der Waals surface area contributed by atoms with Gasteiger partial charge in [-0.05, 0) is 36.2 Å². The molecule has 0 saturated carbocycles. The van der Waals surface area contributed by atoms with Gasteiger partial charge < -0.3 is 15.3 Å². The van der Waals surface area contributed by atoms with E-state index < -0.39 is 6.10 Å². The Bertz CT molecular complexity index is 729. The first-order valence-corrected chi connectivity index (χ1v) is 8.29. The fourth-order valence-electron chi connectivity index (χ4n) is 2.29. The summed E-state index contributed by atoms with van der Waals surface area (Å²) >= 11 is 0. The minimum Gasteiger partial charge on any atom is -0.391 e. The second-order valence-corrected chi connectivity index (χ2v) is 6.30. The molecule has 132 valence electrons. The number of amides is 2. The molecule has 2 aromatic carbocycles. The van der Waals surface area contributed by atoms with Crippen molar-refractivity contribution in [2.45, 2.75) is 20.0 Å². The number of aliphatic hydroxyl groups excluding tert-OH is 1. The van der Waals surface area contributed by atoms with Crippen LogP contribution in [0.5, 0.6) is 0 Å². The van der Waals surface area contributed by atoms with Crippen LogP contribution in [0.3, 0.4) is 0 Å². The molecule has 2 amide bonds. The van der Waals surface area contributed by atoms with E-state index in [-0.39, 0.29) is 24.3 Å². The smallest absolute Gasteiger partial charge is 0.258 e. The van der Waals surface area contributed by atoms with Crippen LogP contribution < -0.4 is 10.2 Å². The zero-order valence-corrected chi connectivity index (χ0v) is 14.8. The van der Waals surface area contributed by atoms with E-state index in [2.05, 4.69) is 5.32 Å². The van der Waals surface area contributed by atoms with Gasteiger partial charge in [-0.15, -0.1) is 0 Å². The molecule has 0 spiro atoms. The fraction of sp³-hybridized carbons (Fsp3) is 0.300. The van der Waals surface area contributed by atoms with Gasteiger partial charge in [0.1, 0.15) is 0 Å². The number of hydrogen-bond donors (Lipinski definition) is 2. The number of nitrogens with zero attached hydrogens (tertiary/aromatic N) is 1. The summed E-state index contributed by atoms with van der Waals surface area (Å²) in [6, 6.07) is 15.9. The predicted octanol–water partition coefficient (Wildman–Crippen LogP) is 2.71. The third-order valence-electron chi connectivity index (χ3n) is 4.06. The van der Waals surface area contributed by atoms with Crippen LogP contribution in [-0.4, -0.2) is 36.6 Å². The van der Waals surface area contributed by atoms with Crippen LogP contribution in [0.25, 0.3) is 0 Å². The molecule has 2 N–H and O–H groups in total. The first kappa shape index (κ1) is 18.7. The Morgan fingerprint density at radius 3 is 2.32 bits per heavy atom. The van der Waals surface area contributed by atoms with Gasteiger partial charge in [-0.3, -0.25) is 9.59 Å². The van der Waals surface area contributed by atoms with Crippen molar-refractivity contribution in [1.29, 1.82) is 0 Å². The Hall–Kier alpha value is -2.66. The van der Waals surface area contributed by atoms with Crippen LogP contribution in [0.1, 0.15) is 34.6 Å². The Morgan fingerprint density at radius 2 is 1.68 bits per heavy atom. The van der Waals surface area contributed by atoms with E-state index in [9.17, 15) is 14.7 Å². The van der Waals surface area contributed by atoms with Crippen molar-refractivity contribution >= 4 is 17.5 Å². The molecule has 0 aliphatic rings. The molecule has 0 bridgehead atoms. The summed E-state index contributed by atoms with van der Waals surface area (Å²) < 4.78 is 0. The molecular formula is C20H24N2O3. The number of anilines is 1. The van der Waals surface area contributed by atoms with Crippen molar-refractivity contribution < 1.29 is 14.7 Å². The molecule has 0 saturated heterocycles. The molecule has 0 fully saturated rings. The summed E-state index contributed by atoms with van der Waals surface area (Å²) in [6.45, 7) is 3.95. The lowest BCUT2D eigenvalue weighted by Gasteiger charge is -2.18. The summed E-state index contributed by atoms with van der Waals surface area (Å²) in [6.07, 6.45) is -0.599. The van der Waals surface area contributed by atoms with Gasteiger partial charge in [0.2, 0.25) is 0 Å². The fourth-order valence-corrected chi connectivity index (χ4v) is 2.29. The van der Waals surface area contributed by atoms with Crippen LogP contribution >= 0.6 is 0 Å². The predicted molar refractivity (Wildman–Crippen MR) is 98.8 cm³/mol. The monoisotopic (exact) mass is 340 g/mol. The summed E-state index contributed by atoms with van der Waals surface area (Å²) in [5.74, 6) is -0.437. The Kier molecular flexibility index (Phi) is 6.31. The van der Waals surface area contributed by atoms with E-state index in [0.717, 1.165) is 5.69 Å². The molecule has 0 aliphatic heterocycles. The molecule has 2 aromatic rings. The third kappa shape index (κ3) is 4.90. The molecule has 0 radical (unpaired) electrons. The Balaban J connectivity index is 2.10. The molecular weight excluding hydrogens is 316 g/mol. The number of carbonyl (C=O) groups is 2. The molecule has 0 aromatic heterocycles. The van der Waals surface area contributed by atoms with Gasteiger partial charge in [0.25, 0.3) is 11.8 Å². The van der Waals surface area contributed by atoms with E-state index in [1.165, 1.54) is 0 Å². The summed E-state index contributed by atoms with van der Waals surface area (Å²) in [4.78, 5) is 26.4. The SMILES string of the molecule is CC(C)C(O)CNC(=O)c1cccc(C(=O)N(C)c2ccccc2)c1. The number of para-hydroxylation sites is 1. The molecule has 0 aliphatic carbocycles. The first-order valence-electron chi connectivity index (χ1n) is 8.29. The third-order valence-corrected chi connectivity index (χ3v) is 4.06. The summed E-state index contributed by atoms with van der Waals surface area (Å²) in [7, 11) is 1.70. The van der Waals surface area contributed by atoms with E-state index in [0.29, 0.717) is 11.1 Å². The highest BCUT2D eigenvalue weighted by molar-refractivity contribution is 6.07. The van der Waals surface area contributed by atoms with Gasteiger partial charge in [-0.1, -0.05) is 38.1 Å². The van der Waals surface area contributed by atoms with Crippen molar-refractivity contribution in [2.75, 3.05) is 18.5 Å². The van der Waals surface area contributed by atoms with Crippen LogP contribution in [0, 0.1) is 5.92 Å². The van der Waals surface area contributed by atoms with Crippen LogP contribution in [-0.2, 0) is 0 Å². The molecule has 0 heterocycles. The van der Waals surface area contributed by atoms with Gasteiger partial charge >= 0.3 is 0 Å². The number of hydrogen-bond acceptors (Lipinski definition) is 3. The van der Waals surface area contributed by atoms with Crippen LogP contribution in [0.15, 0.2) is 54.6 Å². The maximum Gasteiger partial charge on any atom is 0.258 e. The lowest BCUT2D eigenvalue weighted by atomic mass is 10.1. The molecule has 2 rings (SSSR count). The Labute approximate surface area is 148 Å². The van der Waals surface area contributed by atoms with Gasteiger partial charge in [0.15, 0.2) is 0 Å². The molecule has 25 heavy (non-hydrogen) atoms. The minimum absolute atomic E-state index is 0.0627. The van der Waals surface area contributed by atoms with Crippen molar-refractivity contribution in [1.82, 2.24) is 5.32 Å². The topological polar surface area (TPSA) is 69.6 Å². The van der Waals surface area contributed by atoms with Gasteiger partial charge in [-0.25, -0.2) is 0 Å². The van der Waals surface area contributed by atoms with E-state index >= 15 is 0 Å². The zero-order valence-electron chi connectivity index (χ0n) is 14.8. The summed E-state index contributed by atoms with van der Waals surface area (Å²) in [5.41, 5.74) is 1.61. The van der Waals surface area contributed by atoms with Crippen molar-refractivity contribution in [3.8, 4) is 0 Å². The number of benzene rings is 2. The average Bonchev–Trinajstić information content (AvgIpc) is 2.65. The van der Waals surface area contributed by atoms with Crippen molar-refractivity contribution in [3.63, 3.8) is 0 Å². The molecule has 5 nitrogen and oxygen atoms in total. The highest BCUT2D eigenvalue weighted by Crippen LogP contribution is 2.15. The number of rotatable bonds is 6. The first-order chi connectivity index (χ1) is 11.9. The molecule has 1 unspecified atom stereocenters. The number of aliphatic hydroxyl groups is 1. The standard InChI is InChI=1S/C20H24N2O3/c1-14(2)18(23)13-21-19(24)15-8-7-9-16(12-15)20(25)22(3)17-10-5-4-6-11-17/h4-12,14,18,23H,13H2,1-3H3,(H,21,24). The van der Waals surface area contributed by atoms with E-state index in [4.69, 9.17) is 0 Å². The van der Waals surface area contributed by atoms with E-state index in [1.807, 2.05) is 44.2 Å². The van der Waals surface area contributed by atoms with Gasteiger partial charge in [0.05, 0.1) is 6.10 Å². The lowest BCUT2D eigenvalue weighted by Crippen LogP contribution is -2.34. The number of nitrogens with one attached hydrogen (secondary N) is 1. The maximum atomic E-state index is 12.6. The lowest BCUT2D eigenvalue weighted by molar-refractivity contribution is 0.0871. The summed E-state index contributed by atoms with van der Waals surface area (Å²) in [5, 5.41) is 12.5. The number of carbonyl (C=O) groups excluding carboxylic acids is 2. The maximum absolute atomic E-state index is 12.6. The zero-order chi connectivity index (χ0) is 18.4. The van der Waals surface area contributed by atoms with E-state index in [1.54, 1.807) is 36.2 Å².